The fourth-order valence-electron chi connectivity index (χ4n) is 2.91. The Labute approximate surface area is 150 Å². The van der Waals surface area contributed by atoms with Gasteiger partial charge in [0.2, 0.25) is 15.9 Å². The van der Waals surface area contributed by atoms with Crippen LogP contribution < -0.4 is 0 Å². The summed E-state index contributed by atoms with van der Waals surface area (Å²) < 4.78 is 26.3. The Bertz CT molecular complexity index is 837. The Hall–Kier alpha value is -2.53. The van der Waals surface area contributed by atoms with Crippen LogP contribution in [0.15, 0.2) is 29.2 Å². The van der Waals surface area contributed by atoms with Crippen molar-refractivity contribution in [2.24, 2.45) is 5.92 Å². The SMILES string of the molecule is CC(C)[C@@H](C(=O)O)N1CCN(S(=O)(=O)c2ccccc2[N+](=O)[O-])CC1=O. The molecule has 0 saturated carbocycles. The van der Waals surface area contributed by atoms with Gasteiger partial charge in [-0.1, -0.05) is 26.0 Å². The molecule has 10 nitrogen and oxygen atoms in total. The minimum Gasteiger partial charge on any atom is -0.480 e. The number of rotatable bonds is 6. The molecule has 0 aromatic heterocycles. The van der Waals surface area contributed by atoms with Crippen LogP contribution >= 0.6 is 0 Å². The lowest BCUT2D eigenvalue weighted by atomic mass is 10.0. The number of carbonyl (C=O) groups is 2. The summed E-state index contributed by atoms with van der Waals surface area (Å²) in [5.74, 6) is -2.17. The molecule has 1 heterocycles. The molecule has 1 aromatic carbocycles. The van der Waals surface area contributed by atoms with E-state index in [-0.39, 0.29) is 19.0 Å². The Morgan fingerprint density at radius 2 is 1.88 bits per heavy atom. The number of amides is 1. The zero-order chi connectivity index (χ0) is 19.6. The maximum absolute atomic E-state index is 12.7. The number of hydrogen-bond donors (Lipinski definition) is 1. The number of carbonyl (C=O) groups excluding carboxylic acids is 1. The molecule has 0 aliphatic carbocycles. The number of nitro benzene ring substituents is 1. The lowest BCUT2D eigenvalue weighted by Gasteiger charge is -2.38. The number of aliphatic carboxylic acids is 1. The monoisotopic (exact) mass is 385 g/mol. The van der Waals surface area contributed by atoms with Crippen LogP contribution in [0.25, 0.3) is 0 Å². The lowest BCUT2D eigenvalue weighted by Crippen LogP contribution is -2.58. The molecule has 2 rings (SSSR count). The van der Waals surface area contributed by atoms with Crippen LogP contribution in [0.5, 0.6) is 0 Å². The van der Waals surface area contributed by atoms with E-state index in [0.717, 1.165) is 21.3 Å². The molecule has 1 amide bonds. The van der Waals surface area contributed by atoms with Gasteiger partial charge in [-0.3, -0.25) is 14.9 Å². The summed E-state index contributed by atoms with van der Waals surface area (Å²) in [6.45, 7) is 2.50. The summed E-state index contributed by atoms with van der Waals surface area (Å²) in [7, 11) is -4.26. The van der Waals surface area contributed by atoms with Crippen molar-refractivity contribution in [2.75, 3.05) is 19.6 Å². The first-order valence-electron chi connectivity index (χ1n) is 7.83. The predicted molar refractivity (Wildman–Crippen MR) is 89.8 cm³/mol. The van der Waals surface area contributed by atoms with Crippen LogP contribution in [-0.2, 0) is 19.6 Å². The summed E-state index contributed by atoms with van der Waals surface area (Å²) in [5, 5.41) is 20.4. The van der Waals surface area contributed by atoms with E-state index in [9.17, 15) is 33.2 Å². The maximum atomic E-state index is 12.7. The number of carboxylic acids is 1. The predicted octanol–water partition coefficient (Wildman–Crippen LogP) is 0.537. The molecule has 0 bridgehead atoms. The largest absolute Gasteiger partial charge is 0.480 e. The zero-order valence-electron chi connectivity index (χ0n) is 14.2. The van der Waals surface area contributed by atoms with Crippen LogP contribution in [0.1, 0.15) is 13.8 Å². The Balaban J connectivity index is 2.30. The summed E-state index contributed by atoms with van der Waals surface area (Å²) in [6.07, 6.45) is 0. The number of nitro groups is 1. The molecule has 26 heavy (non-hydrogen) atoms. The number of carboxylic acid groups (broad SMARTS) is 1. The number of sulfonamides is 1. The molecule has 1 aromatic rings. The van der Waals surface area contributed by atoms with E-state index < -0.39 is 50.0 Å². The molecule has 1 atom stereocenters. The Morgan fingerprint density at radius 1 is 1.27 bits per heavy atom. The molecule has 1 aliphatic heterocycles. The molecule has 11 heteroatoms. The van der Waals surface area contributed by atoms with Crippen LogP contribution in [0, 0.1) is 16.0 Å². The number of benzene rings is 1. The highest BCUT2D eigenvalue weighted by atomic mass is 32.2. The first kappa shape index (κ1) is 19.8. The number of piperazine rings is 1. The molecule has 0 radical (unpaired) electrons. The third-order valence-electron chi connectivity index (χ3n) is 4.12. The quantitative estimate of drug-likeness (QED) is 0.557. The lowest BCUT2D eigenvalue weighted by molar-refractivity contribution is -0.387. The molecule has 0 unspecified atom stereocenters. The van der Waals surface area contributed by atoms with Gasteiger partial charge in [0.15, 0.2) is 4.90 Å². The van der Waals surface area contributed by atoms with Crippen molar-refractivity contribution in [3.05, 3.63) is 34.4 Å². The van der Waals surface area contributed by atoms with E-state index in [4.69, 9.17) is 0 Å². The van der Waals surface area contributed by atoms with Gasteiger partial charge in [-0.25, -0.2) is 13.2 Å². The van der Waals surface area contributed by atoms with Crippen LogP contribution in [0.2, 0.25) is 0 Å². The molecule has 1 saturated heterocycles. The van der Waals surface area contributed by atoms with Gasteiger partial charge in [-0.2, -0.15) is 4.31 Å². The van der Waals surface area contributed by atoms with Gasteiger partial charge in [0.05, 0.1) is 11.5 Å². The fraction of sp³-hybridized carbons (Fsp3) is 0.467. The van der Waals surface area contributed by atoms with Crippen molar-refractivity contribution in [2.45, 2.75) is 24.8 Å². The third-order valence-corrected chi connectivity index (χ3v) is 6.01. The average molecular weight is 385 g/mol. The van der Waals surface area contributed by atoms with E-state index in [1.807, 2.05) is 0 Å². The summed E-state index contributed by atoms with van der Waals surface area (Å²) in [4.78, 5) is 34.7. The second-order valence-electron chi connectivity index (χ2n) is 6.18. The Kier molecular flexibility index (Phi) is 5.62. The second kappa shape index (κ2) is 7.38. The van der Waals surface area contributed by atoms with Gasteiger partial charge in [-0.15, -0.1) is 0 Å². The van der Waals surface area contributed by atoms with E-state index in [1.165, 1.54) is 12.1 Å². The average Bonchev–Trinajstić information content (AvgIpc) is 2.55. The molecule has 1 N–H and O–H groups in total. The Morgan fingerprint density at radius 3 is 2.38 bits per heavy atom. The van der Waals surface area contributed by atoms with Gasteiger partial charge in [-0.05, 0) is 12.0 Å². The summed E-state index contributed by atoms with van der Waals surface area (Å²) >= 11 is 0. The highest BCUT2D eigenvalue weighted by Gasteiger charge is 2.40. The van der Waals surface area contributed by atoms with Crippen molar-refractivity contribution < 1.29 is 28.0 Å². The molecular weight excluding hydrogens is 366 g/mol. The minimum atomic E-state index is -4.26. The van der Waals surface area contributed by atoms with Crippen molar-refractivity contribution in [1.29, 1.82) is 0 Å². The maximum Gasteiger partial charge on any atom is 0.326 e. The second-order valence-corrected chi connectivity index (χ2v) is 8.08. The fourth-order valence-corrected chi connectivity index (χ4v) is 4.45. The zero-order valence-corrected chi connectivity index (χ0v) is 15.0. The van der Waals surface area contributed by atoms with Crippen molar-refractivity contribution in [3.8, 4) is 0 Å². The molecule has 1 fully saturated rings. The van der Waals surface area contributed by atoms with Gasteiger partial charge in [0, 0.05) is 19.2 Å². The van der Waals surface area contributed by atoms with Crippen molar-refractivity contribution in [3.63, 3.8) is 0 Å². The van der Waals surface area contributed by atoms with Gasteiger partial charge < -0.3 is 10.0 Å². The first-order valence-corrected chi connectivity index (χ1v) is 9.27. The van der Waals surface area contributed by atoms with E-state index in [2.05, 4.69) is 0 Å². The number of para-hydroxylation sites is 1. The summed E-state index contributed by atoms with van der Waals surface area (Å²) in [5.41, 5.74) is -0.576. The van der Waals surface area contributed by atoms with Crippen molar-refractivity contribution in [1.82, 2.24) is 9.21 Å². The topological polar surface area (TPSA) is 138 Å². The van der Waals surface area contributed by atoms with E-state index in [0.29, 0.717) is 0 Å². The van der Waals surface area contributed by atoms with E-state index >= 15 is 0 Å². The van der Waals surface area contributed by atoms with E-state index in [1.54, 1.807) is 13.8 Å². The molecular formula is C15H19N3O7S. The van der Waals surface area contributed by atoms with Crippen LogP contribution in [-0.4, -0.2) is 65.2 Å². The van der Waals surface area contributed by atoms with Crippen LogP contribution in [0.4, 0.5) is 5.69 Å². The third kappa shape index (κ3) is 3.68. The smallest absolute Gasteiger partial charge is 0.326 e. The van der Waals surface area contributed by atoms with Gasteiger partial charge in [0.1, 0.15) is 6.04 Å². The first-order chi connectivity index (χ1) is 12.1. The highest BCUT2D eigenvalue weighted by molar-refractivity contribution is 7.89. The van der Waals surface area contributed by atoms with Gasteiger partial charge in [0.25, 0.3) is 5.69 Å². The number of nitrogens with zero attached hydrogens (tertiary/aromatic N) is 3. The van der Waals surface area contributed by atoms with Crippen LogP contribution in [0.3, 0.4) is 0 Å². The standard InChI is InChI=1S/C15H19N3O7S/c1-10(2)14(15(20)21)17-8-7-16(9-13(17)19)26(24,25)12-6-4-3-5-11(12)18(22)23/h3-6,10,14H,7-9H2,1-2H3,(H,20,21)/t14-/m0/s1. The molecule has 142 valence electrons. The van der Waals surface area contributed by atoms with Gasteiger partial charge >= 0.3 is 5.97 Å². The van der Waals surface area contributed by atoms with Crippen molar-refractivity contribution >= 4 is 27.6 Å². The summed E-state index contributed by atoms with van der Waals surface area (Å²) in [6, 6.07) is 3.83. The number of hydrogen-bond acceptors (Lipinski definition) is 6. The molecule has 0 spiro atoms. The normalized spacial score (nSPS) is 17.3. The minimum absolute atomic E-state index is 0.103. The molecule has 1 aliphatic rings. The highest BCUT2D eigenvalue weighted by Crippen LogP contribution is 2.27.